The van der Waals surface area contributed by atoms with Crippen molar-refractivity contribution in [3.63, 3.8) is 0 Å². The van der Waals surface area contributed by atoms with Gasteiger partial charge in [-0.15, -0.1) is 0 Å². The molecule has 1 rings (SSSR count). The zero-order valence-corrected chi connectivity index (χ0v) is 24.2. The van der Waals surface area contributed by atoms with E-state index in [2.05, 4.69) is 117 Å². The Hall–Kier alpha value is -0.426. The van der Waals surface area contributed by atoms with Crippen LogP contribution in [0, 0.1) is 0 Å². The van der Waals surface area contributed by atoms with Crippen LogP contribution >= 0.6 is 0 Å². The van der Waals surface area contributed by atoms with Crippen molar-refractivity contribution in [3.05, 3.63) is 35.4 Å². The quantitative estimate of drug-likeness (QED) is 0.315. The Morgan fingerprint density at radius 3 is 1.03 bits per heavy atom. The molecule has 2 N–H and O–H groups in total. The summed E-state index contributed by atoms with van der Waals surface area (Å²) >= 11 is 0. The van der Waals surface area contributed by atoms with E-state index < -0.39 is 16.5 Å². The molecule has 0 aliphatic rings. The Morgan fingerprint density at radius 1 is 0.533 bits per heavy atom. The first-order chi connectivity index (χ1) is 13.8. The van der Waals surface area contributed by atoms with Gasteiger partial charge in [0.2, 0.25) is 0 Å². The lowest BCUT2D eigenvalue weighted by molar-refractivity contribution is 0.721. The summed E-state index contributed by atoms with van der Waals surface area (Å²) in [4.78, 5) is 8.26. The fraction of sp³-hybridized carbons (Fsp3) is 0.769. The summed E-state index contributed by atoms with van der Waals surface area (Å²) in [5.74, 6) is 0. The van der Waals surface area contributed by atoms with Gasteiger partial charge in [-0.2, -0.15) is 0 Å². The lowest BCUT2D eigenvalue weighted by Gasteiger charge is -2.44. The van der Waals surface area contributed by atoms with E-state index in [-0.39, 0.29) is 0 Å². The molecule has 4 heteroatoms. The third-order valence-corrected chi connectivity index (χ3v) is 21.0. The predicted octanol–water partition coefficient (Wildman–Crippen LogP) is 8.22. The molecule has 0 spiro atoms. The molecule has 0 saturated heterocycles. The molecule has 0 aromatic heterocycles. The van der Waals surface area contributed by atoms with Crippen molar-refractivity contribution in [1.82, 2.24) is 9.96 Å². The highest BCUT2D eigenvalue weighted by atomic mass is 28.3. The molecule has 174 valence electrons. The molecule has 1 aromatic rings. The smallest absolute Gasteiger partial charge is 0.133 e. The maximum Gasteiger partial charge on any atom is 0.133 e. The van der Waals surface area contributed by atoms with Gasteiger partial charge in [0.1, 0.15) is 16.5 Å². The number of rotatable bonds is 12. The normalized spacial score (nSPS) is 13.7. The SMILES string of the molecule is CC(C)[Si](NCc1cccc(CN[Si](C(C)C)(C(C)C)C(C)C)c1)(C(C)C)C(C)C. The first kappa shape index (κ1) is 27.6. The van der Waals surface area contributed by atoms with Crippen molar-refractivity contribution in [2.45, 2.75) is 129 Å². The zero-order valence-electron chi connectivity index (χ0n) is 22.2. The van der Waals surface area contributed by atoms with E-state index >= 15 is 0 Å². The van der Waals surface area contributed by atoms with Crippen molar-refractivity contribution in [1.29, 1.82) is 0 Å². The number of hydrogen-bond donors (Lipinski definition) is 2. The van der Waals surface area contributed by atoms with Crippen molar-refractivity contribution in [2.24, 2.45) is 0 Å². The number of hydrogen-bond acceptors (Lipinski definition) is 2. The predicted molar refractivity (Wildman–Crippen MR) is 142 cm³/mol. The second-order valence-corrected chi connectivity index (χ2v) is 22.7. The van der Waals surface area contributed by atoms with Crippen molar-refractivity contribution in [3.8, 4) is 0 Å². The Balaban J connectivity index is 3.01. The van der Waals surface area contributed by atoms with Crippen molar-refractivity contribution < 1.29 is 0 Å². The van der Waals surface area contributed by atoms with Gasteiger partial charge in [0.05, 0.1) is 0 Å². The van der Waals surface area contributed by atoms with E-state index in [1.807, 2.05) is 0 Å². The second-order valence-electron chi connectivity index (χ2n) is 11.3. The van der Waals surface area contributed by atoms with Crippen LogP contribution in [-0.2, 0) is 13.1 Å². The Kier molecular flexibility index (Phi) is 10.5. The molecule has 0 unspecified atom stereocenters. The van der Waals surface area contributed by atoms with E-state index in [4.69, 9.17) is 0 Å². The van der Waals surface area contributed by atoms with E-state index in [9.17, 15) is 0 Å². The third-order valence-electron chi connectivity index (χ3n) is 7.92. The third kappa shape index (κ3) is 5.87. The number of nitrogens with one attached hydrogen (secondary N) is 2. The van der Waals surface area contributed by atoms with Gasteiger partial charge in [0.15, 0.2) is 0 Å². The van der Waals surface area contributed by atoms with Crippen LogP contribution in [0.25, 0.3) is 0 Å². The highest BCUT2D eigenvalue weighted by molar-refractivity contribution is 6.81. The maximum absolute atomic E-state index is 4.13. The average molecular weight is 449 g/mol. The lowest BCUT2D eigenvalue weighted by Crippen LogP contribution is -2.57. The summed E-state index contributed by atoms with van der Waals surface area (Å²) in [6, 6.07) is 9.28. The van der Waals surface area contributed by atoms with Crippen LogP contribution in [0.4, 0.5) is 0 Å². The van der Waals surface area contributed by atoms with Crippen LogP contribution in [-0.4, -0.2) is 16.5 Å². The molecule has 30 heavy (non-hydrogen) atoms. The van der Waals surface area contributed by atoms with Crippen LogP contribution in [0.3, 0.4) is 0 Å². The van der Waals surface area contributed by atoms with Crippen LogP contribution in [0.1, 0.15) is 94.2 Å². The fourth-order valence-corrected chi connectivity index (χ4v) is 18.1. The Labute approximate surface area is 191 Å². The van der Waals surface area contributed by atoms with Crippen molar-refractivity contribution in [2.75, 3.05) is 0 Å². The van der Waals surface area contributed by atoms with Crippen LogP contribution in [0.2, 0.25) is 33.2 Å². The van der Waals surface area contributed by atoms with E-state index in [0.717, 1.165) is 46.3 Å². The highest BCUT2D eigenvalue weighted by Gasteiger charge is 2.43. The Bertz CT molecular complexity index is 541. The molecule has 2 nitrogen and oxygen atoms in total. The molecule has 0 amide bonds. The summed E-state index contributed by atoms with van der Waals surface area (Å²) in [5, 5.41) is 0. The molecule has 0 radical (unpaired) electrons. The van der Waals surface area contributed by atoms with Crippen LogP contribution in [0.15, 0.2) is 24.3 Å². The summed E-state index contributed by atoms with van der Waals surface area (Å²) < 4.78 is 0. The van der Waals surface area contributed by atoms with Gasteiger partial charge < -0.3 is 9.96 Å². The average Bonchev–Trinajstić information content (AvgIpc) is 2.61. The first-order valence-electron chi connectivity index (χ1n) is 12.4. The molecule has 0 aliphatic heterocycles. The summed E-state index contributed by atoms with van der Waals surface area (Å²) in [7, 11) is -3.16. The topological polar surface area (TPSA) is 24.1 Å². The first-order valence-corrected chi connectivity index (χ1v) is 16.9. The molecule has 0 heterocycles. The molecule has 0 fully saturated rings. The maximum atomic E-state index is 4.13. The van der Waals surface area contributed by atoms with Crippen molar-refractivity contribution >= 4 is 16.5 Å². The zero-order chi connectivity index (χ0) is 23.3. The molecule has 0 bridgehead atoms. The highest BCUT2D eigenvalue weighted by Crippen LogP contribution is 2.40. The van der Waals surface area contributed by atoms with E-state index in [1.165, 1.54) is 11.1 Å². The van der Waals surface area contributed by atoms with Crippen LogP contribution < -0.4 is 9.96 Å². The van der Waals surface area contributed by atoms with E-state index in [1.54, 1.807) is 0 Å². The molecule has 0 aliphatic carbocycles. The molecular formula is C26H52N2Si2. The van der Waals surface area contributed by atoms with Gasteiger partial charge in [0, 0.05) is 13.1 Å². The number of benzene rings is 1. The summed E-state index contributed by atoms with van der Waals surface area (Å²) in [5.41, 5.74) is 7.26. The lowest BCUT2D eigenvalue weighted by atomic mass is 10.1. The van der Waals surface area contributed by atoms with Gasteiger partial charge in [-0.05, 0) is 44.4 Å². The summed E-state index contributed by atoms with van der Waals surface area (Å²) in [6.45, 7) is 31.1. The molecule has 0 saturated carbocycles. The van der Waals surface area contributed by atoms with Crippen LogP contribution in [0.5, 0.6) is 0 Å². The largest absolute Gasteiger partial charge is 0.333 e. The minimum atomic E-state index is -1.58. The second kappa shape index (κ2) is 11.4. The van der Waals surface area contributed by atoms with Gasteiger partial charge >= 0.3 is 0 Å². The standard InChI is InChI=1S/C26H52N2Si2/c1-19(2)29(20(3)4,21(5)6)27-17-25-14-13-15-26(16-25)18-28-30(22(7)8,23(9)10)24(11)12/h13-16,19-24,27-28H,17-18H2,1-12H3. The molecular weight excluding hydrogens is 396 g/mol. The Morgan fingerprint density at radius 2 is 0.800 bits per heavy atom. The molecule has 1 aromatic carbocycles. The van der Waals surface area contributed by atoms with E-state index in [0.29, 0.717) is 0 Å². The van der Waals surface area contributed by atoms with Gasteiger partial charge in [-0.3, -0.25) is 0 Å². The minimum absolute atomic E-state index is 0.733. The van der Waals surface area contributed by atoms with Gasteiger partial charge in [-0.25, -0.2) is 0 Å². The minimum Gasteiger partial charge on any atom is -0.333 e. The fourth-order valence-electron chi connectivity index (χ4n) is 6.58. The van der Waals surface area contributed by atoms with Gasteiger partial charge in [-0.1, -0.05) is 107 Å². The van der Waals surface area contributed by atoms with Gasteiger partial charge in [0.25, 0.3) is 0 Å². The molecule has 0 atom stereocenters. The summed E-state index contributed by atoms with van der Waals surface area (Å²) in [6.07, 6.45) is 0. The monoisotopic (exact) mass is 448 g/mol.